The molecule has 1 aromatic heterocycles. The van der Waals surface area contributed by atoms with Crippen molar-refractivity contribution in [3.8, 4) is 17.1 Å². The van der Waals surface area contributed by atoms with Crippen LogP contribution in [0.5, 0.6) is 5.75 Å². The number of aryl methyl sites for hydroxylation is 1. The fraction of sp³-hybridized carbons (Fsp3) is 0.375. The van der Waals surface area contributed by atoms with Crippen molar-refractivity contribution < 1.29 is 14.6 Å². The quantitative estimate of drug-likeness (QED) is 0.809. The number of aliphatic carboxylic acids is 1. The van der Waals surface area contributed by atoms with Crippen molar-refractivity contribution in [2.75, 3.05) is 0 Å². The summed E-state index contributed by atoms with van der Waals surface area (Å²) < 4.78 is 5.74. The molecule has 1 unspecified atom stereocenters. The van der Waals surface area contributed by atoms with Crippen LogP contribution in [0, 0.1) is 0 Å². The average Bonchev–Trinajstić information content (AvgIpc) is 2.53. The molecule has 0 radical (unpaired) electrons. The molecule has 7 nitrogen and oxygen atoms in total. The van der Waals surface area contributed by atoms with Crippen molar-refractivity contribution in [1.29, 1.82) is 0 Å². The zero-order valence-corrected chi connectivity index (χ0v) is 13.1. The Morgan fingerprint density at radius 3 is 2.83 bits per heavy atom. The second-order valence-electron chi connectivity index (χ2n) is 5.21. The van der Waals surface area contributed by atoms with Crippen molar-refractivity contribution in [1.82, 2.24) is 15.2 Å². The maximum absolute atomic E-state index is 12.0. The second kappa shape index (κ2) is 7.53. The van der Waals surface area contributed by atoms with Gasteiger partial charge in [-0.15, -0.1) is 10.2 Å². The Hall–Kier alpha value is -2.70. The Labute approximate surface area is 133 Å². The van der Waals surface area contributed by atoms with Gasteiger partial charge in [0.15, 0.2) is 5.82 Å². The predicted molar refractivity (Wildman–Crippen MR) is 84.4 cm³/mol. The van der Waals surface area contributed by atoms with E-state index in [4.69, 9.17) is 9.84 Å². The average molecular weight is 317 g/mol. The highest BCUT2D eigenvalue weighted by molar-refractivity contribution is 5.67. The van der Waals surface area contributed by atoms with E-state index in [9.17, 15) is 9.59 Å². The van der Waals surface area contributed by atoms with Gasteiger partial charge in [-0.3, -0.25) is 9.59 Å². The third kappa shape index (κ3) is 4.64. The molecule has 2 N–H and O–H groups in total. The van der Waals surface area contributed by atoms with Gasteiger partial charge in [-0.25, -0.2) is 0 Å². The first kappa shape index (κ1) is 16.7. The van der Waals surface area contributed by atoms with Crippen LogP contribution in [0.4, 0.5) is 0 Å². The van der Waals surface area contributed by atoms with Crippen LogP contribution in [-0.4, -0.2) is 32.4 Å². The summed E-state index contributed by atoms with van der Waals surface area (Å²) in [6.07, 6.45) is 0.873. The number of aromatic nitrogens is 3. The molecular weight excluding hydrogens is 298 g/mol. The van der Waals surface area contributed by atoms with Crippen LogP contribution in [0.25, 0.3) is 11.4 Å². The Balaban J connectivity index is 2.22. The smallest absolute Gasteiger partial charge is 0.303 e. The van der Waals surface area contributed by atoms with E-state index in [0.29, 0.717) is 17.1 Å². The largest absolute Gasteiger partial charge is 0.491 e. The molecule has 1 heterocycles. The standard InChI is InChI=1S/C16H19N3O4/c1-3-10(2)23-12-6-4-5-11(9-12)15-17-16(22)13(18-19-15)7-8-14(20)21/h4-6,9-10H,3,7-8H2,1-2H3,(H,20,21)(H,17,19,22). The first-order valence-corrected chi connectivity index (χ1v) is 7.44. The fourth-order valence-electron chi connectivity index (χ4n) is 1.91. The number of carboxylic acid groups (broad SMARTS) is 1. The van der Waals surface area contributed by atoms with Gasteiger partial charge in [0.25, 0.3) is 5.56 Å². The molecule has 2 aromatic rings. The summed E-state index contributed by atoms with van der Waals surface area (Å²) in [6, 6.07) is 7.22. The number of rotatable bonds is 7. The number of nitrogens with zero attached hydrogens (tertiary/aromatic N) is 2. The number of carboxylic acids is 1. The van der Waals surface area contributed by atoms with E-state index < -0.39 is 11.5 Å². The molecule has 122 valence electrons. The van der Waals surface area contributed by atoms with Crippen LogP contribution >= 0.6 is 0 Å². The van der Waals surface area contributed by atoms with Crippen molar-refractivity contribution in [2.24, 2.45) is 0 Å². The minimum atomic E-state index is -0.981. The topological polar surface area (TPSA) is 105 Å². The number of ether oxygens (including phenoxy) is 1. The summed E-state index contributed by atoms with van der Waals surface area (Å²) in [5, 5.41) is 16.5. The number of benzene rings is 1. The van der Waals surface area contributed by atoms with Crippen LogP contribution in [0.1, 0.15) is 32.4 Å². The van der Waals surface area contributed by atoms with E-state index in [1.807, 2.05) is 26.0 Å². The Kier molecular flexibility index (Phi) is 5.46. The van der Waals surface area contributed by atoms with Crippen LogP contribution < -0.4 is 10.3 Å². The minimum Gasteiger partial charge on any atom is -0.491 e. The number of H-pyrrole nitrogens is 1. The molecule has 0 aliphatic heterocycles. The molecule has 0 bridgehead atoms. The van der Waals surface area contributed by atoms with Gasteiger partial charge in [0.1, 0.15) is 11.4 Å². The number of aromatic amines is 1. The molecule has 0 aliphatic rings. The van der Waals surface area contributed by atoms with Gasteiger partial charge in [-0.2, -0.15) is 0 Å². The molecule has 0 saturated heterocycles. The number of nitrogens with one attached hydrogen (secondary N) is 1. The van der Waals surface area contributed by atoms with E-state index in [0.717, 1.165) is 6.42 Å². The summed E-state index contributed by atoms with van der Waals surface area (Å²) in [7, 11) is 0. The number of carbonyl (C=O) groups is 1. The lowest BCUT2D eigenvalue weighted by Gasteiger charge is -2.13. The Morgan fingerprint density at radius 1 is 1.39 bits per heavy atom. The molecular formula is C16H19N3O4. The summed E-state index contributed by atoms with van der Waals surface area (Å²) in [5.74, 6) is 0.0308. The molecule has 1 aromatic carbocycles. The summed E-state index contributed by atoms with van der Waals surface area (Å²) in [5.41, 5.74) is 0.368. The second-order valence-corrected chi connectivity index (χ2v) is 5.21. The highest BCUT2D eigenvalue weighted by Crippen LogP contribution is 2.21. The van der Waals surface area contributed by atoms with Gasteiger partial charge < -0.3 is 14.8 Å². The van der Waals surface area contributed by atoms with Crippen LogP contribution in [-0.2, 0) is 11.2 Å². The molecule has 0 spiro atoms. The Morgan fingerprint density at radius 2 is 2.17 bits per heavy atom. The van der Waals surface area contributed by atoms with Gasteiger partial charge in [-0.05, 0) is 25.5 Å². The fourth-order valence-corrected chi connectivity index (χ4v) is 1.91. The summed E-state index contributed by atoms with van der Waals surface area (Å²) in [4.78, 5) is 25.1. The first-order valence-electron chi connectivity index (χ1n) is 7.44. The van der Waals surface area contributed by atoms with Gasteiger partial charge >= 0.3 is 5.97 Å². The zero-order chi connectivity index (χ0) is 16.8. The van der Waals surface area contributed by atoms with Gasteiger partial charge in [0, 0.05) is 12.0 Å². The van der Waals surface area contributed by atoms with E-state index >= 15 is 0 Å². The molecule has 0 amide bonds. The molecule has 2 rings (SSSR count). The van der Waals surface area contributed by atoms with E-state index in [1.54, 1.807) is 12.1 Å². The van der Waals surface area contributed by atoms with Crippen LogP contribution in [0.2, 0.25) is 0 Å². The van der Waals surface area contributed by atoms with Gasteiger partial charge in [-0.1, -0.05) is 19.1 Å². The predicted octanol–water partition coefficient (Wildman–Crippen LogP) is 2.03. The highest BCUT2D eigenvalue weighted by Gasteiger charge is 2.10. The SMILES string of the molecule is CCC(C)Oc1cccc(-c2nnc(CCC(=O)O)c(=O)[nH]2)c1. The Bertz CT molecular complexity index is 742. The van der Waals surface area contributed by atoms with E-state index in [2.05, 4.69) is 15.2 Å². The molecule has 0 saturated carbocycles. The molecule has 1 atom stereocenters. The summed E-state index contributed by atoms with van der Waals surface area (Å²) >= 11 is 0. The van der Waals surface area contributed by atoms with Crippen LogP contribution in [0.3, 0.4) is 0 Å². The number of hydrogen-bond donors (Lipinski definition) is 2. The van der Waals surface area contributed by atoms with E-state index in [1.165, 1.54) is 0 Å². The summed E-state index contributed by atoms with van der Waals surface area (Å²) in [6.45, 7) is 4.01. The molecule has 0 fully saturated rings. The van der Waals surface area contributed by atoms with Gasteiger partial charge in [0.05, 0.1) is 12.5 Å². The lowest BCUT2D eigenvalue weighted by molar-refractivity contribution is -0.136. The lowest BCUT2D eigenvalue weighted by Crippen LogP contribution is -2.18. The number of hydrogen-bond acceptors (Lipinski definition) is 5. The molecule has 23 heavy (non-hydrogen) atoms. The molecule has 7 heteroatoms. The molecule has 0 aliphatic carbocycles. The highest BCUT2D eigenvalue weighted by atomic mass is 16.5. The zero-order valence-electron chi connectivity index (χ0n) is 13.1. The lowest BCUT2D eigenvalue weighted by atomic mass is 10.2. The van der Waals surface area contributed by atoms with Crippen LogP contribution in [0.15, 0.2) is 29.1 Å². The van der Waals surface area contributed by atoms with E-state index in [-0.39, 0.29) is 24.6 Å². The first-order chi connectivity index (χ1) is 11.0. The van der Waals surface area contributed by atoms with Crippen molar-refractivity contribution in [3.05, 3.63) is 40.3 Å². The van der Waals surface area contributed by atoms with Crippen molar-refractivity contribution in [2.45, 2.75) is 39.2 Å². The van der Waals surface area contributed by atoms with Gasteiger partial charge in [0.2, 0.25) is 0 Å². The normalized spacial score (nSPS) is 11.9. The third-order valence-corrected chi connectivity index (χ3v) is 3.36. The minimum absolute atomic E-state index is 0.0507. The maximum Gasteiger partial charge on any atom is 0.303 e. The van der Waals surface area contributed by atoms with Crippen molar-refractivity contribution >= 4 is 5.97 Å². The maximum atomic E-state index is 12.0. The third-order valence-electron chi connectivity index (χ3n) is 3.36. The monoisotopic (exact) mass is 317 g/mol. The van der Waals surface area contributed by atoms with Crippen molar-refractivity contribution in [3.63, 3.8) is 0 Å².